The number of amides is 1. The minimum absolute atomic E-state index is 0.0764. The fourth-order valence-corrected chi connectivity index (χ4v) is 2.77. The molecule has 2 aromatic carbocycles. The van der Waals surface area contributed by atoms with Crippen molar-refractivity contribution in [2.75, 3.05) is 12.4 Å². The molecule has 0 spiro atoms. The number of nitriles is 1. The molecule has 6 heteroatoms. The maximum atomic E-state index is 12.3. The lowest BCUT2D eigenvalue weighted by Gasteiger charge is -2.05. The van der Waals surface area contributed by atoms with Gasteiger partial charge in [0.15, 0.2) is 0 Å². The first kappa shape index (κ1) is 19.6. The lowest BCUT2D eigenvalue weighted by Crippen LogP contribution is -2.13. The summed E-state index contributed by atoms with van der Waals surface area (Å²) in [7, 11) is 1.33. The molecule has 1 amide bonds. The van der Waals surface area contributed by atoms with Crippen molar-refractivity contribution in [1.29, 1.82) is 5.26 Å². The van der Waals surface area contributed by atoms with Crippen molar-refractivity contribution in [3.63, 3.8) is 0 Å². The zero-order valence-electron chi connectivity index (χ0n) is 15.9. The summed E-state index contributed by atoms with van der Waals surface area (Å²) < 4.78 is 10.5. The van der Waals surface area contributed by atoms with Gasteiger partial charge in [-0.15, -0.1) is 0 Å². The zero-order valence-corrected chi connectivity index (χ0v) is 15.9. The number of anilines is 1. The van der Waals surface area contributed by atoms with Gasteiger partial charge < -0.3 is 14.5 Å². The number of nitrogens with zero attached hydrogens (tertiary/aromatic N) is 1. The molecule has 0 unspecified atom stereocenters. The molecule has 3 aromatic rings. The summed E-state index contributed by atoms with van der Waals surface area (Å²) in [4.78, 5) is 24.0. The van der Waals surface area contributed by atoms with Crippen molar-refractivity contribution >= 4 is 23.6 Å². The van der Waals surface area contributed by atoms with E-state index in [1.54, 1.807) is 54.6 Å². The third-order valence-electron chi connectivity index (χ3n) is 4.22. The molecule has 144 valence electrons. The fraction of sp³-hybridized carbons (Fsp3) is 0.0870. The fourth-order valence-electron chi connectivity index (χ4n) is 2.77. The monoisotopic (exact) mass is 386 g/mol. The smallest absolute Gasteiger partial charge is 0.337 e. The second-order valence-corrected chi connectivity index (χ2v) is 6.21. The standard InChI is InChI=1S/C23H18N2O4/c1-15-12-16(23(27)28-2)8-10-20(15)21-11-9-19(29-21)13-17(14-24)22(26)25-18-6-4-3-5-7-18/h3-13H,1-2H3,(H,25,26). The number of aryl methyl sites for hydroxylation is 1. The van der Waals surface area contributed by atoms with E-state index in [9.17, 15) is 14.9 Å². The van der Waals surface area contributed by atoms with Crippen molar-refractivity contribution < 1.29 is 18.7 Å². The summed E-state index contributed by atoms with van der Waals surface area (Å²) in [6.07, 6.45) is 1.39. The molecule has 0 aliphatic heterocycles. The largest absolute Gasteiger partial charge is 0.465 e. The average molecular weight is 386 g/mol. The summed E-state index contributed by atoms with van der Waals surface area (Å²) in [5.74, 6) is 0.00296. The molecule has 0 atom stereocenters. The summed E-state index contributed by atoms with van der Waals surface area (Å²) in [5.41, 5.74) is 2.60. The molecule has 0 aliphatic rings. The average Bonchev–Trinajstić information content (AvgIpc) is 3.20. The zero-order chi connectivity index (χ0) is 20.8. The lowest BCUT2D eigenvalue weighted by molar-refractivity contribution is -0.112. The number of para-hydroxylation sites is 1. The van der Waals surface area contributed by atoms with Gasteiger partial charge in [-0.05, 0) is 48.9 Å². The van der Waals surface area contributed by atoms with Gasteiger partial charge in [0.1, 0.15) is 23.2 Å². The Hall–Kier alpha value is -4.11. The first-order valence-corrected chi connectivity index (χ1v) is 8.79. The van der Waals surface area contributed by atoms with Crippen LogP contribution >= 0.6 is 0 Å². The Labute approximate surface area is 168 Å². The number of carbonyl (C=O) groups is 2. The van der Waals surface area contributed by atoms with Crippen molar-refractivity contribution in [3.8, 4) is 17.4 Å². The van der Waals surface area contributed by atoms with Gasteiger partial charge in [-0.2, -0.15) is 5.26 Å². The predicted octanol–water partition coefficient (Wildman–Crippen LogP) is 4.59. The van der Waals surface area contributed by atoms with E-state index in [-0.39, 0.29) is 5.57 Å². The number of carbonyl (C=O) groups excluding carboxylic acids is 2. The van der Waals surface area contributed by atoms with Gasteiger partial charge in [-0.1, -0.05) is 24.3 Å². The number of methoxy groups -OCH3 is 1. The van der Waals surface area contributed by atoms with E-state index in [0.29, 0.717) is 22.8 Å². The summed E-state index contributed by atoms with van der Waals surface area (Å²) in [6, 6.07) is 19.3. The van der Waals surface area contributed by atoms with Gasteiger partial charge in [-0.3, -0.25) is 4.79 Å². The number of hydrogen-bond acceptors (Lipinski definition) is 5. The highest BCUT2D eigenvalue weighted by atomic mass is 16.5. The van der Waals surface area contributed by atoms with E-state index in [2.05, 4.69) is 5.32 Å². The molecule has 0 bridgehead atoms. The van der Waals surface area contributed by atoms with Gasteiger partial charge >= 0.3 is 5.97 Å². The molecule has 6 nitrogen and oxygen atoms in total. The molecular weight excluding hydrogens is 368 g/mol. The van der Waals surface area contributed by atoms with E-state index >= 15 is 0 Å². The number of hydrogen-bond donors (Lipinski definition) is 1. The van der Waals surface area contributed by atoms with Gasteiger partial charge in [0.25, 0.3) is 5.91 Å². The van der Waals surface area contributed by atoms with Crippen LogP contribution in [0.5, 0.6) is 0 Å². The van der Waals surface area contributed by atoms with Gasteiger partial charge in [0.2, 0.25) is 0 Å². The number of benzene rings is 2. The van der Waals surface area contributed by atoms with Crippen LogP contribution in [0.15, 0.2) is 70.7 Å². The summed E-state index contributed by atoms with van der Waals surface area (Å²) in [5, 5.41) is 12.0. The Morgan fingerprint density at radius 3 is 2.52 bits per heavy atom. The second-order valence-electron chi connectivity index (χ2n) is 6.21. The number of esters is 1. The maximum absolute atomic E-state index is 12.3. The molecule has 29 heavy (non-hydrogen) atoms. The molecule has 1 aromatic heterocycles. The van der Waals surface area contributed by atoms with Crippen LogP contribution in [0.4, 0.5) is 5.69 Å². The SMILES string of the molecule is COC(=O)c1ccc(-c2ccc(C=C(C#N)C(=O)Nc3ccccc3)o2)c(C)c1. The highest BCUT2D eigenvalue weighted by Gasteiger charge is 2.13. The molecule has 0 radical (unpaired) electrons. The van der Waals surface area contributed by atoms with Crippen molar-refractivity contribution in [2.45, 2.75) is 6.92 Å². The highest BCUT2D eigenvalue weighted by molar-refractivity contribution is 6.09. The van der Waals surface area contributed by atoms with Crippen LogP contribution in [0.25, 0.3) is 17.4 Å². The minimum atomic E-state index is -0.518. The van der Waals surface area contributed by atoms with Crippen LogP contribution < -0.4 is 5.32 Å². The van der Waals surface area contributed by atoms with E-state index in [0.717, 1.165) is 11.1 Å². The van der Waals surface area contributed by atoms with Crippen LogP contribution in [0.2, 0.25) is 0 Å². The Morgan fingerprint density at radius 2 is 1.86 bits per heavy atom. The first-order valence-electron chi connectivity index (χ1n) is 8.79. The van der Waals surface area contributed by atoms with Crippen LogP contribution in [0, 0.1) is 18.3 Å². The third kappa shape index (κ3) is 4.60. The third-order valence-corrected chi connectivity index (χ3v) is 4.22. The normalized spacial score (nSPS) is 10.9. The first-order chi connectivity index (χ1) is 14.0. The summed E-state index contributed by atoms with van der Waals surface area (Å²) >= 11 is 0. The highest BCUT2D eigenvalue weighted by Crippen LogP contribution is 2.27. The predicted molar refractivity (Wildman–Crippen MR) is 109 cm³/mol. The van der Waals surface area contributed by atoms with Gasteiger partial charge in [0, 0.05) is 17.3 Å². The van der Waals surface area contributed by atoms with Gasteiger partial charge in [0.05, 0.1) is 12.7 Å². The molecule has 0 saturated carbocycles. The maximum Gasteiger partial charge on any atom is 0.337 e. The molecule has 1 heterocycles. The van der Waals surface area contributed by atoms with Crippen LogP contribution in [0.1, 0.15) is 21.7 Å². The Balaban J connectivity index is 1.82. The van der Waals surface area contributed by atoms with E-state index < -0.39 is 11.9 Å². The number of ether oxygens (including phenoxy) is 1. The minimum Gasteiger partial charge on any atom is -0.465 e. The number of furan rings is 1. The molecule has 0 aliphatic carbocycles. The Bertz CT molecular complexity index is 1120. The quantitative estimate of drug-likeness (QED) is 0.393. The molecule has 0 saturated heterocycles. The molecule has 1 N–H and O–H groups in total. The van der Waals surface area contributed by atoms with Crippen molar-refractivity contribution in [2.24, 2.45) is 0 Å². The van der Waals surface area contributed by atoms with Crippen LogP contribution in [-0.4, -0.2) is 19.0 Å². The van der Waals surface area contributed by atoms with Crippen LogP contribution in [0.3, 0.4) is 0 Å². The summed E-state index contributed by atoms with van der Waals surface area (Å²) in [6.45, 7) is 1.85. The Morgan fingerprint density at radius 1 is 1.10 bits per heavy atom. The van der Waals surface area contributed by atoms with E-state index in [1.165, 1.54) is 13.2 Å². The second kappa shape index (κ2) is 8.72. The Kier molecular flexibility index (Phi) is 5.91. The topological polar surface area (TPSA) is 92.3 Å². The lowest BCUT2D eigenvalue weighted by atomic mass is 10.0. The van der Waals surface area contributed by atoms with E-state index in [1.807, 2.05) is 19.1 Å². The van der Waals surface area contributed by atoms with Crippen LogP contribution in [-0.2, 0) is 9.53 Å². The molecule has 3 rings (SSSR count). The molecule has 0 fully saturated rings. The number of rotatable bonds is 5. The van der Waals surface area contributed by atoms with Gasteiger partial charge in [-0.25, -0.2) is 4.79 Å². The van der Waals surface area contributed by atoms with E-state index in [4.69, 9.17) is 9.15 Å². The number of nitrogens with one attached hydrogen (secondary N) is 1. The van der Waals surface area contributed by atoms with Crippen molar-refractivity contribution in [3.05, 3.63) is 83.1 Å². The molecular formula is C23H18N2O4. The van der Waals surface area contributed by atoms with Crippen molar-refractivity contribution in [1.82, 2.24) is 0 Å².